The molecule has 0 saturated carbocycles. The van der Waals surface area contributed by atoms with Crippen LogP contribution in [0.4, 0.5) is 5.69 Å². The Morgan fingerprint density at radius 2 is 1.71 bits per heavy atom. The van der Waals surface area contributed by atoms with Gasteiger partial charge in [0.2, 0.25) is 0 Å². The Balaban J connectivity index is 2.15. The zero-order chi connectivity index (χ0) is 15.4. The molecule has 1 unspecified atom stereocenters. The molecule has 0 saturated heterocycles. The van der Waals surface area contributed by atoms with Crippen LogP contribution in [-0.2, 0) is 0 Å². The van der Waals surface area contributed by atoms with Crippen LogP contribution in [0.5, 0.6) is 5.75 Å². The Morgan fingerprint density at radius 1 is 0.952 bits per heavy atom. The number of anilines is 1. The molecule has 2 heteroatoms. The molecule has 1 atom stereocenters. The molecule has 0 aliphatic rings. The highest BCUT2D eigenvalue weighted by molar-refractivity contribution is 5.55. The summed E-state index contributed by atoms with van der Waals surface area (Å²) in [7, 11) is 0. The van der Waals surface area contributed by atoms with Crippen LogP contribution in [0.1, 0.15) is 42.1 Å². The van der Waals surface area contributed by atoms with Crippen LogP contribution >= 0.6 is 0 Å². The van der Waals surface area contributed by atoms with E-state index in [0.29, 0.717) is 6.61 Å². The number of nitrogens with one attached hydrogen (secondary N) is 1. The third-order valence-corrected chi connectivity index (χ3v) is 3.91. The molecule has 2 aromatic rings. The summed E-state index contributed by atoms with van der Waals surface area (Å²) < 4.78 is 5.53. The average molecular weight is 283 g/mol. The standard InChI is InChI=1S/C19H25NO/c1-6-21-18-9-10-19(15(4)12-18)20-16(5)17-8-7-13(2)14(3)11-17/h7-12,16,20H,6H2,1-5H3. The summed E-state index contributed by atoms with van der Waals surface area (Å²) in [6.45, 7) is 11.3. The Labute approximate surface area is 128 Å². The minimum atomic E-state index is 0.279. The Kier molecular flexibility index (Phi) is 4.89. The maximum atomic E-state index is 5.53. The minimum absolute atomic E-state index is 0.279. The smallest absolute Gasteiger partial charge is 0.119 e. The van der Waals surface area contributed by atoms with Gasteiger partial charge in [-0.3, -0.25) is 0 Å². The molecule has 112 valence electrons. The van der Waals surface area contributed by atoms with Crippen LogP contribution in [0.25, 0.3) is 0 Å². The average Bonchev–Trinajstić information content (AvgIpc) is 2.45. The molecule has 0 heterocycles. The van der Waals surface area contributed by atoms with Crippen LogP contribution in [0.3, 0.4) is 0 Å². The molecule has 0 radical (unpaired) electrons. The van der Waals surface area contributed by atoms with Crippen molar-refractivity contribution in [3.05, 3.63) is 58.7 Å². The van der Waals surface area contributed by atoms with Gasteiger partial charge in [0.25, 0.3) is 0 Å². The van der Waals surface area contributed by atoms with E-state index in [9.17, 15) is 0 Å². The minimum Gasteiger partial charge on any atom is -0.494 e. The largest absolute Gasteiger partial charge is 0.494 e. The summed E-state index contributed by atoms with van der Waals surface area (Å²) in [5, 5.41) is 3.59. The van der Waals surface area contributed by atoms with Gasteiger partial charge in [-0.15, -0.1) is 0 Å². The number of rotatable bonds is 5. The molecule has 0 spiro atoms. The number of ether oxygens (including phenoxy) is 1. The lowest BCUT2D eigenvalue weighted by Gasteiger charge is -2.19. The maximum absolute atomic E-state index is 5.53. The number of hydrogen-bond acceptors (Lipinski definition) is 2. The molecular weight excluding hydrogens is 258 g/mol. The summed E-state index contributed by atoms with van der Waals surface area (Å²) in [4.78, 5) is 0. The molecule has 0 bridgehead atoms. The predicted octanol–water partition coefficient (Wildman–Crippen LogP) is 5.18. The fourth-order valence-corrected chi connectivity index (χ4v) is 2.41. The quantitative estimate of drug-likeness (QED) is 0.816. The summed E-state index contributed by atoms with van der Waals surface area (Å²) in [5.74, 6) is 0.930. The normalized spacial score (nSPS) is 12.0. The lowest BCUT2D eigenvalue weighted by Crippen LogP contribution is -2.08. The second-order valence-electron chi connectivity index (χ2n) is 5.62. The van der Waals surface area contributed by atoms with E-state index >= 15 is 0 Å². The van der Waals surface area contributed by atoms with E-state index in [4.69, 9.17) is 4.74 Å². The SMILES string of the molecule is CCOc1ccc(NC(C)c2ccc(C)c(C)c2)c(C)c1. The number of benzene rings is 2. The maximum Gasteiger partial charge on any atom is 0.119 e. The molecule has 2 rings (SSSR count). The molecule has 21 heavy (non-hydrogen) atoms. The van der Waals surface area contributed by atoms with E-state index in [1.165, 1.54) is 22.3 Å². The van der Waals surface area contributed by atoms with Gasteiger partial charge >= 0.3 is 0 Å². The van der Waals surface area contributed by atoms with E-state index in [1.807, 2.05) is 13.0 Å². The van der Waals surface area contributed by atoms with Gasteiger partial charge in [0.05, 0.1) is 6.61 Å². The third-order valence-electron chi connectivity index (χ3n) is 3.91. The first-order valence-electron chi connectivity index (χ1n) is 7.58. The van der Waals surface area contributed by atoms with Crippen molar-refractivity contribution in [3.8, 4) is 5.75 Å². The number of hydrogen-bond donors (Lipinski definition) is 1. The molecule has 0 aliphatic carbocycles. The van der Waals surface area contributed by atoms with Crippen molar-refractivity contribution in [2.45, 2.75) is 40.7 Å². The highest BCUT2D eigenvalue weighted by atomic mass is 16.5. The zero-order valence-electron chi connectivity index (χ0n) is 13.7. The van der Waals surface area contributed by atoms with E-state index < -0.39 is 0 Å². The van der Waals surface area contributed by atoms with Crippen molar-refractivity contribution in [2.24, 2.45) is 0 Å². The second-order valence-corrected chi connectivity index (χ2v) is 5.62. The molecule has 2 nitrogen and oxygen atoms in total. The lowest BCUT2D eigenvalue weighted by atomic mass is 10.0. The Morgan fingerprint density at radius 3 is 2.33 bits per heavy atom. The molecule has 0 aliphatic heterocycles. The van der Waals surface area contributed by atoms with Crippen molar-refractivity contribution in [1.29, 1.82) is 0 Å². The second kappa shape index (κ2) is 6.66. The molecule has 0 fully saturated rings. The zero-order valence-corrected chi connectivity index (χ0v) is 13.7. The van der Waals surface area contributed by atoms with Gasteiger partial charge < -0.3 is 10.1 Å². The van der Waals surface area contributed by atoms with E-state index in [0.717, 1.165) is 11.4 Å². The van der Waals surface area contributed by atoms with E-state index in [-0.39, 0.29) is 6.04 Å². The summed E-state index contributed by atoms with van der Waals surface area (Å²) in [5.41, 5.74) is 6.35. The van der Waals surface area contributed by atoms with Gasteiger partial charge in [-0.1, -0.05) is 18.2 Å². The first-order chi connectivity index (χ1) is 10.0. The summed E-state index contributed by atoms with van der Waals surface area (Å²) >= 11 is 0. The molecule has 0 aromatic heterocycles. The van der Waals surface area contributed by atoms with Crippen LogP contribution < -0.4 is 10.1 Å². The van der Waals surface area contributed by atoms with Gasteiger partial charge in [0.1, 0.15) is 5.75 Å². The molecule has 1 N–H and O–H groups in total. The van der Waals surface area contributed by atoms with Gasteiger partial charge in [0.15, 0.2) is 0 Å². The fraction of sp³-hybridized carbons (Fsp3) is 0.368. The molecular formula is C19H25NO. The van der Waals surface area contributed by atoms with Crippen molar-refractivity contribution < 1.29 is 4.74 Å². The Hall–Kier alpha value is -1.96. The number of aryl methyl sites for hydroxylation is 3. The van der Waals surface area contributed by atoms with Gasteiger partial charge in [-0.2, -0.15) is 0 Å². The van der Waals surface area contributed by atoms with Crippen LogP contribution in [0, 0.1) is 20.8 Å². The van der Waals surface area contributed by atoms with Crippen molar-refractivity contribution in [3.63, 3.8) is 0 Å². The fourth-order valence-electron chi connectivity index (χ4n) is 2.41. The highest BCUT2D eigenvalue weighted by Crippen LogP contribution is 2.26. The van der Waals surface area contributed by atoms with Crippen LogP contribution in [0.2, 0.25) is 0 Å². The van der Waals surface area contributed by atoms with Crippen molar-refractivity contribution in [2.75, 3.05) is 11.9 Å². The highest BCUT2D eigenvalue weighted by Gasteiger charge is 2.08. The van der Waals surface area contributed by atoms with Gasteiger partial charge in [0, 0.05) is 11.7 Å². The molecule has 0 amide bonds. The predicted molar refractivity (Wildman–Crippen MR) is 90.3 cm³/mol. The first kappa shape index (κ1) is 15.4. The van der Waals surface area contributed by atoms with E-state index in [1.54, 1.807) is 0 Å². The van der Waals surface area contributed by atoms with Gasteiger partial charge in [-0.05, 0) is 75.1 Å². The van der Waals surface area contributed by atoms with Crippen molar-refractivity contribution >= 4 is 5.69 Å². The Bertz CT molecular complexity index is 619. The third kappa shape index (κ3) is 3.78. The lowest BCUT2D eigenvalue weighted by molar-refractivity contribution is 0.340. The van der Waals surface area contributed by atoms with Gasteiger partial charge in [-0.25, -0.2) is 0 Å². The van der Waals surface area contributed by atoms with Crippen molar-refractivity contribution in [1.82, 2.24) is 0 Å². The summed E-state index contributed by atoms with van der Waals surface area (Å²) in [6.07, 6.45) is 0. The molecule has 2 aromatic carbocycles. The topological polar surface area (TPSA) is 21.3 Å². The first-order valence-corrected chi connectivity index (χ1v) is 7.58. The van der Waals surface area contributed by atoms with E-state index in [2.05, 4.69) is 63.3 Å². The summed E-state index contributed by atoms with van der Waals surface area (Å²) in [6, 6.07) is 13.1. The monoisotopic (exact) mass is 283 g/mol. The van der Waals surface area contributed by atoms with Crippen LogP contribution in [0.15, 0.2) is 36.4 Å². The van der Waals surface area contributed by atoms with Crippen LogP contribution in [-0.4, -0.2) is 6.61 Å².